The van der Waals surface area contributed by atoms with Crippen molar-refractivity contribution < 1.29 is 14.4 Å². The maximum atomic E-state index is 10.5. The normalized spacial score (nSPS) is 24.4. The Morgan fingerprint density at radius 1 is 2.00 bits per heavy atom. The van der Waals surface area contributed by atoms with E-state index in [1.807, 2.05) is 0 Å². The third-order valence-corrected chi connectivity index (χ3v) is 1.06. The van der Waals surface area contributed by atoms with Crippen LogP contribution < -0.4 is 5.48 Å². The Balaban J connectivity index is 2.18. The zero-order chi connectivity index (χ0) is 7.40. The fourth-order valence-corrected chi connectivity index (χ4v) is 0.634. The minimum atomic E-state index is -0.439. The standard InChI is InChI=1S/C6H9NO3/c1-2-3-9-6-4-5(8)7-10-6/h2,6H,1,3-4H2,(H,7,8). The van der Waals surface area contributed by atoms with E-state index in [4.69, 9.17) is 9.57 Å². The molecule has 1 fully saturated rings. The highest BCUT2D eigenvalue weighted by Crippen LogP contribution is 2.05. The molecule has 1 heterocycles. The first-order chi connectivity index (χ1) is 4.83. The number of amides is 1. The Labute approximate surface area is 58.8 Å². The molecule has 0 aliphatic carbocycles. The van der Waals surface area contributed by atoms with Gasteiger partial charge in [0.25, 0.3) is 0 Å². The van der Waals surface area contributed by atoms with Crippen molar-refractivity contribution in [1.82, 2.24) is 5.48 Å². The number of carbonyl (C=O) groups excluding carboxylic acids is 1. The molecule has 4 nitrogen and oxygen atoms in total. The Kier molecular flexibility index (Phi) is 2.42. The summed E-state index contributed by atoms with van der Waals surface area (Å²) in [5.41, 5.74) is 2.18. The van der Waals surface area contributed by atoms with Gasteiger partial charge in [-0.3, -0.25) is 4.79 Å². The van der Waals surface area contributed by atoms with E-state index < -0.39 is 6.29 Å². The topological polar surface area (TPSA) is 47.6 Å². The van der Waals surface area contributed by atoms with Crippen molar-refractivity contribution in [2.24, 2.45) is 0 Å². The van der Waals surface area contributed by atoms with Gasteiger partial charge in [0, 0.05) is 0 Å². The Hall–Kier alpha value is -0.870. The van der Waals surface area contributed by atoms with Gasteiger partial charge < -0.3 is 4.74 Å². The average Bonchev–Trinajstić information content (AvgIpc) is 2.31. The number of rotatable bonds is 3. The fourth-order valence-electron chi connectivity index (χ4n) is 0.634. The van der Waals surface area contributed by atoms with Gasteiger partial charge in [0.15, 0.2) is 6.29 Å². The van der Waals surface area contributed by atoms with E-state index in [2.05, 4.69) is 12.1 Å². The van der Waals surface area contributed by atoms with Crippen LogP contribution in [0.3, 0.4) is 0 Å². The lowest BCUT2D eigenvalue weighted by Crippen LogP contribution is -2.14. The van der Waals surface area contributed by atoms with Crippen LogP contribution in [0.4, 0.5) is 0 Å². The number of ether oxygens (including phenoxy) is 1. The molecule has 0 bridgehead atoms. The first-order valence-corrected chi connectivity index (χ1v) is 3.00. The minimum Gasteiger partial charge on any atom is -0.346 e. The van der Waals surface area contributed by atoms with Gasteiger partial charge in [-0.1, -0.05) is 6.08 Å². The van der Waals surface area contributed by atoms with Crippen LogP contribution in [0, 0.1) is 0 Å². The molecule has 0 aromatic rings. The summed E-state index contributed by atoms with van der Waals surface area (Å²) in [7, 11) is 0. The third kappa shape index (κ3) is 1.82. The maximum Gasteiger partial charge on any atom is 0.248 e. The minimum absolute atomic E-state index is 0.144. The Morgan fingerprint density at radius 3 is 3.30 bits per heavy atom. The largest absolute Gasteiger partial charge is 0.346 e. The van der Waals surface area contributed by atoms with Gasteiger partial charge in [-0.25, -0.2) is 10.3 Å². The molecule has 0 saturated carbocycles. The SMILES string of the molecule is C=CCOC1CC(=O)NO1. The lowest BCUT2D eigenvalue weighted by Gasteiger charge is -2.04. The summed E-state index contributed by atoms with van der Waals surface area (Å²) in [5, 5.41) is 0. The highest BCUT2D eigenvalue weighted by molar-refractivity contribution is 5.76. The van der Waals surface area contributed by atoms with E-state index in [1.165, 1.54) is 0 Å². The van der Waals surface area contributed by atoms with Gasteiger partial charge >= 0.3 is 0 Å². The van der Waals surface area contributed by atoms with Crippen molar-refractivity contribution in [3.05, 3.63) is 12.7 Å². The number of hydroxylamine groups is 1. The second kappa shape index (κ2) is 3.34. The summed E-state index contributed by atoms with van der Waals surface area (Å²) in [5.74, 6) is -0.144. The highest BCUT2D eigenvalue weighted by atomic mass is 16.8. The van der Waals surface area contributed by atoms with Gasteiger partial charge in [-0.05, 0) is 0 Å². The molecule has 56 valence electrons. The van der Waals surface area contributed by atoms with E-state index in [9.17, 15) is 4.79 Å². The fraction of sp³-hybridized carbons (Fsp3) is 0.500. The van der Waals surface area contributed by atoms with Crippen LogP contribution in [-0.4, -0.2) is 18.8 Å². The maximum absolute atomic E-state index is 10.5. The molecule has 4 heteroatoms. The zero-order valence-corrected chi connectivity index (χ0v) is 5.50. The molecule has 1 amide bonds. The summed E-state index contributed by atoms with van der Waals surface area (Å²) >= 11 is 0. The van der Waals surface area contributed by atoms with Crippen molar-refractivity contribution in [3.63, 3.8) is 0 Å². The predicted octanol–water partition coefficient (Wildman–Crippen LogP) is -0.0334. The van der Waals surface area contributed by atoms with Crippen LogP contribution in [0.1, 0.15) is 6.42 Å². The molecule has 0 aromatic carbocycles. The third-order valence-electron chi connectivity index (χ3n) is 1.06. The van der Waals surface area contributed by atoms with Crippen molar-refractivity contribution in [2.75, 3.05) is 6.61 Å². The van der Waals surface area contributed by atoms with Crippen molar-refractivity contribution in [3.8, 4) is 0 Å². The van der Waals surface area contributed by atoms with E-state index in [0.29, 0.717) is 6.61 Å². The molecular weight excluding hydrogens is 134 g/mol. The molecular formula is C6H9NO3. The lowest BCUT2D eigenvalue weighted by molar-refractivity contribution is -0.141. The van der Waals surface area contributed by atoms with Gasteiger partial charge in [0.2, 0.25) is 5.91 Å². The average molecular weight is 143 g/mol. The number of hydrogen-bond donors (Lipinski definition) is 1. The molecule has 1 saturated heterocycles. The molecule has 1 rings (SSSR count). The van der Waals surface area contributed by atoms with Gasteiger partial charge in [0.1, 0.15) is 0 Å². The first kappa shape index (κ1) is 7.24. The zero-order valence-electron chi connectivity index (χ0n) is 5.50. The van der Waals surface area contributed by atoms with Crippen molar-refractivity contribution >= 4 is 5.91 Å². The monoisotopic (exact) mass is 143 g/mol. The van der Waals surface area contributed by atoms with Crippen LogP contribution in [0.5, 0.6) is 0 Å². The van der Waals surface area contributed by atoms with Crippen LogP contribution in [0.15, 0.2) is 12.7 Å². The summed E-state index contributed by atoms with van der Waals surface area (Å²) in [6.45, 7) is 3.86. The van der Waals surface area contributed by atoms with Crippen molar-refractivity contribution in [1.29, 1.82) is 0 Å². The summed E-state index contributed by atoms with van der Waals surface area (Å²) in [4.78, 5) is 15.2. The molecule has 1 unspecified atom stereocenters. The molecule has 1 aliphatic heterocycles. The van der Waals surface area contributed by atoms with Crippen LogP contribution in [0.25, 0.3) is 0 Å². The summed E-state index contributed by atoms with van der Waals surface area (Å²) < 4.78 is 5.00. The van der Waals surface area contributed by atoms with E-state index in [0.717, 1.165) is 0 Å². The first-order valence-electron chi connectivity index (χ1n) is 3.00. The highest BCUT2D eigenvalue weighted by Gasteiger charge is 2.22. The van der Waals surface area contributed by atoms with Gasteiger partial charge in [-0.2, -0.15) is 0 Å². The number of carbonyl (C=O) groups is 1. The molecule has 1 aliphatic rings. The summed E-state index contributed by atoms with van der Waals surface area (Å²) in [6, 6.07) is 0. The lowest BCUT2D eigenvalue weighted by atomic mass is 10.4. The molecule has 0 radical (unpaired) electrons. The summed E-state index contributed by atoms with van der Waals surface area (Å²) in [6.07, 6.45) is 1.44. The smallest absolute Gasteiger partial charge is 0.248 e. The Morgan fingerprint density at radius 2 is 2.80 bits per heavy atom. The molecule has 1 atom stereocenters. The molecule has 0 spiro atoms. The van der Waals surface area contributed by atoms with E-state index >= 15 is 0 Å². The second-order valence-electron chi connectivity index (χ2n) is 1.90. The predicted molar refractivity (Wildman–Crippen MR) is 33.8 cm³/mol. The molecule has 10 heavy (non-hydrogen) atoms. The molecule has 1 N–H and O–H groups in total. The second-order valence-corrected chi connectivity index (χ2v) is 1.90. The number of hydrogen-bond acceptors (Lipinski definition) is 3. The van der Waals surface area contributed by atoms with Crippen LogP contribution >= 0.6 is 0 Å². The van der Waals surface area contributed by atoms with E-state index in [-0.39, 0.29) is 12.3 Å². The number of nitrogens with one attached hydrogen (secondary N) is 1. The Bertz CT molecular complexity index is 146. The van der Waals surface area contributed by atoms with Crippen LogP contribution in [0.2, 0.25) is 0 Å². The van der Waals surface area contributed by atoms with E-state index in [1.54, 1.807) is 6.08 Å². The van der Waals surface area contributed by atoms with Gasteiger partial charge in [0.05, 0.1) is 13.0 Å². The van der Waals surface area contributed by atoms with Crippen molar-refractivity contribution in [2.45, 2.75) is 12.7 Å². The van der Waals surface area contributed by atoms with Crippen LogP contribution in [-0.2, 0) is 14.4 Å². The molecule has 0 aromatic heterocycles. The van der Waals surface area contributed by atoms with Gasteiger partial charge in [-0.15, -0.1) is 6.58 Å². The quantitative estimate of drug-likeness (QED) is 0.564.